The number of ether oxygens (including phenoxy) is 2. The Morgan fingerprint density at radius 2 is 1.76 bits per heavy atom. The Labute approximate surface area is 215 Å². The molecule has 0 bridgehead atoms. The van der Waals surface area contributed by atoms with E-state index in [2.05, 4.69) is 37.2 Å². The van der Waals surface area contributed by atoms with Crippen molar-refractivity contribution < 1.29 is 33.6 Å². The molecular weight excluding hydrogens is 593 g/mol. The molecule has 2 atom stereocenters. The van der Waals surface area contributed by atoms with Crippen LogP contribution in [-0.4, -0.2) is 41.2 Å². The van der Waals surface area contributed by atoms with Gasteiger partial charge in [0.1, 0.15) is 17.5 Å². The van der Waals surface area contributed by atoms with E-state index >= 15 is 0 Å². The molecule has 1 unspecified atom stereocenters. The molecule has 0 saturated heterocycles. The van der Waals surface area contributed by atoms with Crippen LogP contribution in [0.4, 0.5) is 0 Å². The van der Waals surface area contributed by atoms with Gasteiger partial charge in [-0.2, -0.15) is 0 Å². The molecule has 8 nitrogen and oxygen atoms in total. The fourth-order valence-corrected chi connectivity index (χ4v) is 5.49. The number of carbonyl (C=O) groups excluding carboxylic acids is 2. The molecule has 1 amide bonds. The van der Waals surface area contributed by atoms with Crippen LogP contribution in [-0.2, 0) is 20.3 Å². The van der Waals surface area contributed by atoms with Crippen molar-refractivity contribution in [2.75, 3.05) is 13.3 Å². The number of esters is 1. The predicted octanol–water partition coefficient (Wildman–Crippen LogP) is 5.82. The Bertz CT molecular complexity index is 1080. The number of carbonyl (C=O) groups is 2. The number of aromatic hydroxyl groups is 1. The highest BCUT2D eigenvalue weighted by Gasteiger charge is 2.25. The van der Waals surface area contributed by atoms with Crippen molar-refractivity contribution in [2.45, 2.75) is 39.4 Å². The van der Waals surface area contributed by atoms with Gasteiger partial charge in [-0.15, -0.1) is 0 Å². The standard InChI is InChI=1S/C23H28Br2NO7P/c1-5-32-23(29)19(8-13(2)3)26-22(28)16-11-15(6-7-20(16)27)33-21-17(24)9-14(10-18(21)25)12-34(4,30)31/h6-7,9-11,13,19,27H,5,8,12H2,1-4H3,(H,26,28)(H,30,31)/t19-/m0/s1. The Kier molecular flexibility index (Phi) is 10.2. The van der Waals surface area contributed by atoms with E-state index in [9.17, 15) is 24.2 Å². The molecule has 2 rings (SSSR count). The smallest absolute Gasteiger partial charge is 0.328 e. The lowest BCUT2D eigenvalue weighted by Gasteiger charge is -2.19. The Morgan fingerprint density at radius 3 is 2.29 bits per heavy atom. The van der Waals surface area contributed by atoms with E-state index in [1.807, 2.05) is 13.8 Å². The van der Waals surface area contributed by atoms with E-state index in [0.717, 1.165) is 0 Å². The molecule has 186 valence electrons. The third kappa shape index (κ3) is 8.41. The maximum absolute atomic E-state index is 12.9. The van der Waals surface area contributed by atoms with Crippen LogP contribution in [0.1, 0.15) is 43.1 Å². The second-order valence-corrected chi connectivity index (χ2v) is 12.4. The number of phenolic OH excluding ortho intramolecular Hbond substituents is 1. The monoisotopic (exact) mass is 619 g/mol. The van der Waals surface area contributed by atoms with Crippen LogP contribution < -0.4 is 10.1 Å². The van der Waals surface area contributed by atoms with Crippen molar-refractivity contribution >= 4 is 51.1 Å². The summed E-state index contributed by atoms with van der Waals surface area (Å²) in [7, 11) is -3.25. The second kappa shape index (κ2) is 12.2. The predicted molar refractivity (Wildman–Crippen MR) is 137 cm³/mol. The summed E-state index contributed by atoms with van der Waals surface area (Å²) in [5.74, 6) is -0.679. The quantitative estimate of drug-likeness (QED) is 0.226. The van der Waals surface area contributed by atoms with Gasteiger partial charge in [0, 0.05) is 12.8 Å². The molecule has 34 heavy (non-hydrogen) atoms. The molecule has 0 aromatic heterocycles. The van der Waals surface area contributed by atoms with Crippen LogP contribution in [0.3, 0.4) is 0 Å². The first-order valence-electron chi connectivity index (χ1n) is 10.6. The third-order valence-electron chi connectivity index (χ3n) is 4.55. The molecule has 0 spiro atoms. The van der Waals surface area contributed by atoms with Crippen molar-refractivity contribution in [3.05, 3.63) is 50.4 Å². The van der Waals surface area contributed by atoms with E-state index in [0.29, 0.717) is 26.7 Å². The van der Waals surface area contributed by atoms with E-state index in [-0.39, 0.29) is 35.7 Å². The van der Waals surface area contributed by atoms with Gasteiger partial charge < -0.3 is 24.8 Å². The van der Waals surface area contributed by atoms with Gasteiger partial charge in [0.2, 0.25) is 7.37 Å². The summed E-state index contributed by atoms with van der Waals surface area (Å²) < 4.78 is 23.8. The Hall–Kier alpha value is -1.87. The summed E-state index contributed by atoms with van der Waals surface area (Å²) in [5.41, 5.74) is 0.576. The summed E-state index contributed by atoms with van der Waals surface area (Å²) >= 11 is 6.81. The fraction of sp³-hybridized carbons (Fsp3) is 0.391. The minimum absolute atomic E-state index is 0.00597. The number of hydrogen-bond acceptors (Lipinski definition) is 6. The molecule has 2 aromatic carbocycles. The molecule has 0 saturated carbocycles. The highest BCUT2D eigenvalue weighted by atomic mass is 79.9. The number of hydrogen-bond donors (Lipinski definition) is 3. The summed E-state index contributed by atoms with van der Waals surface area (Å²) in [6.45, 7) is 7.01. The maximum atomic E-state index is 12.9. The van der Waals surface area contributed by atoms with Gasteiger partial charge >= 0.3 is 5.97 Å². The van der Waals surface area contributed by atoms with E-state index in [1.165, 1.54) is 24.9 Å². The SMILES string of the molecule is CCOC(=O)[C@H](CC(C)C)NC(=O)c1cc(Oc2c(Br)cc(CP(C)(=O)O)cc2Br)ccc1O. The highest BCUT2D eigenvalue weighted by Crippen LogP contribution is 2.44. The number of rotatable bonds is 10. The van der Waals surface area contributed by atoms with Crippen LogP contribution in [0.15, 0.2) is 39.3 Å². The summed E-state index contributed by atoms with van der Waals surface area (Å²) in [6.07, 6.45) is 0.387. The minimum Gasteiger partial charge on any atom is -0.507 e. The van der Waals surface area contributed by atoms with Gasteiger partial charge in [-0.05, 0) is 87.0 Å². The molecule has 0 radical (unpaired) electrons. The number of halogens is 2. The fourth-order valence-electron chi connectivity index (χ4n) is 3.18. The zero-order valence-corrected chi connectivity index (χ0v) is 23.4. The topological polar surface area (TPSA) is 122 Å². The van der Waals surface area contributed by atoms with Crippen LogP contribution >= 0.6 is 39.2 Å². The molecule has 0 aliphatic carbocycles. The Morgan fingerprint density at radius 1 is 1.15 bits per heavy atom. The number of amides is 1. The first-order chi connectivity index (χ1) is 15.8. The highest BCUT2D eigenvalue weighted by molar-refractivity contribution is 9.11. The first kappa shape index (κ1) is 28.4. The summed E-state index contributed by atoms with van der Waals surface area (Å²) in [4.78, 5) is 34.8. The van der Waals surface area contributed by atoms with Gasteiger partial charge in [-0.25, -0.2) is 4.79 Å². The zero-order valence-electron chi connectivity index (χ0n) is 19.3. The molecule has 0 heterocycles. The lowest BCUT2D eigenvalue weighted by Crippen LogP contribution is -2.42. The molecule has 2 aromatic rings. The Balaban J connectivity index is 2.28. The van der Waals surface area contributed by atoms with Gasteiger partial charge in [0.15, 0.2) is 5.75 Å². The van der Waals surface area contributed by atoms with E-state index in [4.69, 9.17) is 9.47 Å². The van der Waals surface area contributed by atoms with E-state index in [1.54, 1.807) is 19.1 Å². The average molecular weight is 621 g/mol. The number of benzene rings is 2. The third-order valence-corrected chi connectivity index (χ3v) is 6.68. The molecule has 0 aliphatic heterocycles. The normalized spacial score (nSPS) is 13.8. The van der Waals surface area contributed by atoms with Crippen molar-refractivity contribution in [2.24, 2.45) is 5.92 Å². The summed E-state index contributed by atoms with van der Waals surface area (Å²) in [5, 5.41) is 12.9. The van der Waals surface area contributed by atoms with Crippen molar-refractivity contribution in [1.29, 1.82) is 0 Å². The molecular formula is C23H28Br2NO7P. The van der Waals surface area contributed by atoms with E-state index < -0.39 is 25.3 Å². The van der Waals surface area contributed by atoms with Crippen LogP contribution in [0.5, 0.6) is 17.2 Å². The molecule has 0 aliphatic rings. The van der Waals surface area contributed by atoms with Crippen molar-refractivity contribution in [3.63, 3.8) is 0 Å². The van der Waals surface area contributed by atoms with Crippen molar-refractivity contribution in [3.8, 4) is 17.2 Å². The first-order valence-corrected chi connectivity index (χ1v) is 14.4. The summed E-state index contributed by atoms with van der Waals surface area (Å²) in [6, 6.07) is 6.68. The molecule has 3 N–H and O–H groups in total. The van der Waals surface area contributed by atoms with Crippen molar-refractivity contribution in [1.82, 2.24) is 5.32 Å². The lowest BCUT2D eigenvalue weighted by atomic mass is 10.0. The number of nitrogens with one attached hydrogen (secondary N) is 1. The minimum atomic E-state index is -3.25. The van der Waals surface area contributed by atoms with Crippen LogP contribution in [0.25, 0.3) is 0 Å². The number of phenols is 1. The van der Waals surface area contributed by atoms with Gasteiger partial charge in [-0.1, -0.05) is 13.8 Å². The lowest BCUT2D eigenvalue weighted by molar-refractivity contribution is -0.145. The average Bonchev–Trinajstić information content (AvgIpc) is 2.70. The second-order valence-electron chi connectivity index (χ2n) is 8.29. The van der Waals surface area contributed by atoms with Gasteiger partial charge in [0.25, 0.3) is 5.91 Å². The molecule has 0 fully saturated rings. The largest absolute Gasteiger partial charge is 0.507 e. The van der Waals surface area contributed by atoms with Gasteiger partial charge in [-0.3, -0.25) is 9.36 Å². The van der Waals surface area contributed by atoms with Crippen LogP contribution in [0.2, 0.25) is 0 Å². The van der Waals surface area contributed by atoms with Crippen LogP contribution in [0, 0.1) is 5.92 Å². The van der Waals surface area contributed by atoms with Gasteiger partial charge in [0.05, 0.1) is 21.1 Å². The molecule has 11 heteroatoms. The maximum Gasteiger partial charge on any atom is 0.328 e. The zero-order chi connectivity index (χ0) is 25.6.